The van der Waals surface area contributed by atoms with Crippen molar-refractivity contribution in [1.82, 2.24) is 35.1 Å². The van der Waals surface area contributed by atoms with Gasteiger partial charge in [-0.3, -0.25) is 9.69 Å². The maximum atomic E-state index is 13.1. The predicted octanol–water partition coefficient (Wildman–Crippen LogP) is 3.31. The van der Waals surface area contributed by atoms with Crippen molar-refractivity contribution in [2.75, 3.05) is 50.5 Å². The van der Waals surface area contributed by atoms with E-state index < -0.39 is 6.67 Å². The number of H-pyrrole nitrogens is 1. The van der Waals surface area contributed by atoms with E-state index in [2.05, 4.69) is 45.9 Å². The number of amides is 1. The van der Waals surface area contributed by atoms with Crippen LogP contribution in [0, 0.1) is 6.92 Å². The highest BCUT2D eigenvalue weighted by molar-refractivity contribution is 6.06. The molecule has 1 saturated heterocycles. The Bertz CT molecular complexity index is 1690. The molecule has 4 aromatic rings. The van der Waals surface area contributed by atoms with Gasteiger partial charge < -0.3 is 31.4 Å². The Morgan fingerprint density at radius 1 is 1.30 bits per heavy atom. The summed E-state index contributed by atoms with van der Waals surface area (Å²) in [5.41, 5.74) is 10.8. The molecule has 0 radical (unpaired) electrons. The Morgan fingerprint density at radius 2 is 2.16 bits per heavy atom. The highest BCUT2D eigenvalue weighted by atomic mass is 19.1. The van der Waals surface area contributed by atoms with Gasteiger partial charge >= 0.3 is 0 Å². The summed E-state index contributed by atoms with van der Waals surface area (Å²) in [5, 5.41) is 9.75. The van der Waals surface area contributed by atoms with E-state index in [0.717, 1.165) is 34.1 Å². The van der Waals surface area contributed by atoms with Gasteiger partial charge in [-0.2, -0.15) is 9.98 Å². The van der Waals surface area contributed by atoms with Crippen LogP contribution in [-0.4, -0.2) is 87.6 Å². The monoisotopic (exact) mass is 601 g/mol. The van der Waals surface area contributed by atoms with Crippen LogP contribution in [0.3, 0.4) is 0 Å². The smallest absolute Gasteiger partial charge is 0.251 e. The summed E-state index contributed by atoms with van der Waals surface area (Å²) in [4.78, 5) is 40.1. The molecule has 1 aromatic carbocycles. The summed E-state index contributed by atoms with van der Waals surface area (Å²) in [5.74, 6) is 1.14. The first-order valence-electron chi connectivity index (χ1n) is 14.3. The van der Waals surface area contributed by atoms with Crippen molar-refractivity contribution in [2.45, 2.75) is 26.4 Å². The number of anilines is 2. The number of ether oxygens (including phenoxy) is 1. The highest BCUT2D eigenvalue weighted by Crippen LogP contribution is 2.33. The largest absolute Gasteiger partial charge is 0.473 e. The number of para-hydroxylation sites is 1. The van der Waals surface area contributed by atoms with Crippen molar-refractivity contribution >= 4 is 40.2 Å². The van der Waals surface area contributed by atoms with E-state index in [1.807, 2.05) is 43.1 Å². The normalized spacial score (nSPS) is 15.9. The van der Waals surface area contributed by atoms with Crippen molar-refractivity contribution < 1.29 is 13.9 Å². The van der Waals surface area contributed by atoms with Crippen LogP contribution in [0.15, 0.2) is 59.6 Å². The van der Waals surface area contributed by atoms with Crippen molar-refractivity contribution in [1.29, 1.82) is 0 Å². The molecular weight excluding hydrogens is 565 g/mol. The van der Waals surface area contributed by atoms with E-state index in [9.17, 15) is 9.18 Å². The Hall–Kier alpha value is -5.11. The summed E-state index contributed by atoms with van der Waals surface area (Å²) >= 11 is 0. The summed E-state index contributed by atoms with van der Waals surface area (Å²) in [6, 6.07) is 7.39. The zero-order chi connectivity index (χ0) is 31.1. The van der Waals surface area contributed by atoms with Crippen LogP contribution in [0.5, 0.6) is 5.88 Å². The number of benzene rings is 1. The van der Waals surface area contributed by atoms with Crippen LogP contribution in [-0.2, 0) is 4.79 Å². The molecule has 3 aromatic heterocycles. The van der Waals surface area contributed by atoms with E-state index in [1.165, 1.54) is 0 Å². The molecular formula is C30H36FN11O2. The fraction of sp³-hybridized carbons (Fsp3) is 0.333. The zero-order valence-corrected chi connectivity index (χ0v) is 24.9. The van der Waals surface area contributed by atoms with Crippen molar-refractivity contribution in [3.8, 4) is 17.1 Å². The number of carbonyl (C=O) groups excluding carboxylic acids is 1. The molecule has 14 heteroatoms. The van der Waals surface area contributed by atoms with Crippen LogP contribution in [0.2, 0.25) is 0 Å². The molecule has 1 aliphatic rings. The number of aliphatic imine (C=N–C) groups is 1. The summed E-state index contributed by atoms with van der Waals surface area (Å²) < 4.78 is 18.4. The number of rotatable bonds is 12. The molecule has 6 N–H and O–H groups in total. The molecule has 5 rings (SSSR count). The van der Waals surface area contributed by atoms with Gasteiger partial charge in [0, 0.05) is 68.0 Å². The first-order chi connectivity index (χ1) is 21.3. The van der Waals surface area contributed by atoms with E-state index in [0.29, 0.717) is 36.3 Å². The van der Waals surface area contributed by atoms with E-state index in [-0.39, 0.29) is 36.9 Å². The molecule has 13 nitrogen and oxygen atoms in total. The first kappa shape index (κ1) is 30.4. The van der Waals surface area contributed by atoms with Gasteiger partial charge in [0.15, 0.2) is 0 Å². The molecule has 1 amide bonds. The molecule has 4 heterocycles. The second kappa shape index (κ2) is 13.9. The van der Waals surface area contributed by atoms with Gasteiger partial charge in [0.1, 0.15) is 18.6 Å². The average molecular weight is 602 g/mol. The number of allylic oxidation sites excluding steroid dienone is 1. The number of aromatic amines is 1. The van der Waals surface area contributed by atoms with Gasteiger partial charge in [-0.15, -0.1) is 0 Å². The van der Waals surface area contributed by atoms with Gasteiger partial charge in [-0.05, 0) is 38.0 Å². The van der Waals surface area contributed by atoms with E-state index in [1.54, 1.807) is 31.6 Å². The Kier molecular flexibility index (Phi) is 9.59. The minimum absolute atomic E-state index is 0.120. The number of nitrogens with zero attached hydrogens (tertiary/aromatic N) is 6. The van der Waals surface area contributed by atoms with Crippen LogP contribution >= 0.6 is 0 Å². The van der Waals surface area contributed by atoms with Gasteiger partial charge in [0.2, 0.25) is 17.7 Å². The van der Waals surface area contributed by atoms with Gasteiger partial charge in [-0.25, -0.2) is 19.3 Å². The second-order valence-electron chi connectivity index (χ2n) is 10.4. The second-order valence-corrected chi connectivity index (χ2v) is 10.4. The fourth-order valence-corrected chi connectivity index (χ4v) is 4.91. The number of amidine groups is 1. The van der Waals surface area contributed by atoms with Crippen molar-refractivity contribution in [3.63, 3.8) is 0 Å². The molecule has 1 aliphatic heterocycles. The predicted molar refractivity (Wildman–Crippen MR) is 169 cm³/mol. The van der Waals surface area contributed by atoms with Gasteiger partial charge in [0.25, 0.3) is 5.95 Å². The maximum absolute atomic E-state index is 13.1. The fourth-order valence-electron chi connectivity index (χ4n) is 4.91. The molecule has 0 saturated carbocycles. The van der Waals surface area contributed by atoms with Crippen LogP contribution in [0.1, 0.15) is 18.9 Å². The molecule has 0 aliphatic carbocycles. The number of nitrogens with two attached hydrogens (primary N) is 1. The molecule has 230 valence electrons. The molecule has 44 heavy (non-hydrogen) atoms. The average Bonchev–Trinajstić information content (AvgIpc) is 3.64. The summed E-state index contributed by atoms with van der Waals surface area (Å²) in [6.45, 7) is 4.93. The lowest BCUT2D eigenvalue weighted by molar-refractivity contribution is -0.117. The lowest BCUT2D eigenvalue weighted by Gasteiger charge is -2.16. The molecule has 1 atom stereocenters. The lowest BCUT2D eigenvalue weighted by Crippen LogP contribution is -2.33. The number of aryl methyl sites for hydroxylation is 1. The standard InChI is InChI=1S/C30H36FN11O2/c1-18-14-37-30(39-24(32)13-19(2)33-3)41-27(18)22-15-36-28-21(22)5-4-6-23(28)38-25(43)17-42-12-8-20(16-42)44-26-7-10-34-29(40-26)35-11-9-31/h4-7,10,13-15,20,33,36H,8-9,11-12,16-17H2,1-3H3,(H,38,43)(H,34,35,40)(H2,32,37,39,41)/b19-13-. The Morgan fingerprint density at radius 3 is 2.98 bits per heavy atom. The number of hydrogen-bond donors (Lipinski definition) is 5. The quantitative estimate of drug-likeness (QED) is 0.120. The minimum Gasteiger partial charge on any atom is -0.473 e. The van der Waals surface area contributed by atoms with E-state index in [4.69, 9.17) is 10.5 Å². The van der Waals surface area contributed by atoms with Gasteiger partial charge in [0.05, 0.1) is 23.4 Å². The zero-order valence-electron chi connectivity index (χ0n) is 24.9. The lowest BCUT2D eigenvalue weighted by atomic mass is 10.1. The Labute approximate surface area is 254 Å². The number of likely N-dealkylation sites (tertiary alicyclic amines) is 1. The number of fused-ring (bicyclic) bond motifs is 1. The van der Waals surface area contributed by atoms with Crippen LogP contribution < -0.4 is 26.4 Å². The maximum Gasteiger partial charge on any atom is 0.251 e. The van der Waals surface area contributed by atoms with Crippen LogP contribution in [0.25, 0.3) is 22.2 Å². The number of aromatic nitrogens is 5. The third-order valence-corrected chi connectivity index (χ3v) is 7.08. The minimum atomic E-state index is -0.517. The van der Waals surface area contributed by atoms with Crippen LogP contribution in [0.4, 0.5) is 22.0 Å². The first-order valence-corrected chi connectivity index (χ1v) is 14.3. The topological polar surface area (TPSA) is 171 Å². The number of nitrogens with one attached hydrogen (secondary N) is 4. The number of hydrogen-bond acceptors (Lipinski definition) is 10. The summed E-state index contributed by atoms with van der Waals surface area (Å²) in [7, 11) is 1.81. The molecule has 0 spiro atoms. The number of alkyl halides is 1. The van der Waals surface area contributed by atoms with Gasteiger partial charge in [-0.1, -0.05) is 12.1 Å². The Balaban J connectivity index is 1.24. The molecule has 1 unspecified atom stereocenters. The van der Waals surface area contributed by atoms with E-state index >= 15 is 0 Å². The number of halogens is 1. The van der Waals surface area contributed by atoms with Crippen molar-refractivity contribution in [3.05, 3.63) is 60.2 Å². The number of carbonyl (C=O) groups is 1. The SMILES string of the molecule is CN/C(C)=C\C(N)=N/c1ncc(C)c(-c2c[nH]c3c(NC(=O)CN4CCC(Oc5ccnc(NCCF)n5)C4)cccc23)n1. The molecule has 1 fully saturated rings. The third kappa shape index (κ3) is 7.45. The third-order valence-electron chi connectivity index (χ3n) is 7.08. The highest BCUT2D eigenvalue weighted by Gasteiger charge is 2.26. The summed E-state index contributed by atoms with van der Waals surface area (Å²) in [6.07, 6.45) is 7.49. The molecule has 0 bridgehead atoms. The van der Waals surface area contributed by atoms with Crippen molar-refractivity contribution in [2.24, 2.45) is 10.7 Å².